The smallest absolute Gasteiger partial charge is 0.277 e. The highest BCUT2D eigenvalue weighted by Gasteiger charge is 2.12. The van der Waals surface area contributed by atoms with Gasteiger partial charge in [-0.1, -0.05) is 12.1 Å². The third-order valence-electron chi connectivity index (χ3n) is 2.81. The van der Waals surface area contributed by atoms with Crippen LogP contribution in [0.1, 0.15) is 10.5 Å². The topological polar surface area (TPSA) is 59.8 Å². The molecule has 0 unspecified atom stereocenters. The fraction of sp³-hybridized carbons (Fsp3) is 0.0714. The Morgan fingerprint density at radius 1 is 1.29 bits per heavy atom. The fourth-order valence-corrected chi connectivity index (χ4v) is 2.86. The van der Waals surface area contributed by atoms with Crippen LogP contribution < -0.4 is 5.32 Å². The van der Waals surface area contributed by atoms with Crippen LogP contribution in [0.4, 0.5) is 5.13 Å². The molecule has 0 bridgehead atoms. The number of benzene rings is 1. The summed E-state index contributed by atoms with van der Waals surface area (Å²) >= 11 is 3.66. The van der Waals surface area contributed by atoms with Gasteiger partial charge in [0, 0.05) is 27.8 Å². The second-order valence-corrected chi connectivity index (χ2v) is 6.48. The van der Waals surface area contributed by atoms with Crippen LogP contribution in [0.25, 0.3) is 11.3 Å². The van der Waals surface area contributed by atoms with Crippen molar-refractivity contribution in [2.45, 2.75) is 0 Å². The Balaban J connectivity index is 1.76. The van der Waals surface area contributed by atoms with Crippen molar-refractivity contribution in [3.63, 3.8) is 0 Å². The summed E-state index contributed by atoms with van der Waals surface area (Å²) in [6.45, 7) is 0. The van der Waals surface area contributed by atoms with E-state index in [1.165, 1.54) is 14.9 Å². The van der Waals surface area contributed by atoms with Crippen molar-refractivity contribution in [1.82, 2.24) is 14.8 Å². The van der Waals surface area contributed by atoms with Crippen LogP contribution in [-0.2, 0) is 7.05 Å². The second kappa shape index (κ2) is 5.94. The molecule has 5 nitrogen and oxygen atoms in total. The molecule has 3 aromatic rings. The zero-order valence-electron chi connectivity index (χ0n) is 11.1. The number of nitrogens with zero attached hydrogens (tertiary/aromatic N) is 3. The van der Waals surface area contributed by atoms with Gasteiger partial charge in [0.1, 0.15) is 0 Å². The van der Waals surface area contributed by atoms with E-state index in [2.05, 4.69) is 38.0 Å². The number of amides is 1. The largest absolute Gasteiger partial charge is 0.296 e. The Morgan fingerprint density at radius 3 is 2.71 bits per heavy atom. The lowest BCUT2D eigenvalue weighted by Gasteiger charge is -1.98. The predicted molar refractivity (Wildman–Crippen MR) is 91.4 cm³/mol. The Kier molecular flexibility index (Phi) is 4.02. The van der Waals surface area contributed by atoms with E-state index in [9.17, 15) is 4.79 Å². The van der Waals surface area contributed by atoms with Gasteiger partial charge < -0.3 is 0 Å². The minimum absolute atomic E-state index is 0.251. The summed E-state index contributed by atoms with van der Waals surface area (Å²) < 4.78 is 2.77. The summed E-state index contributed by atoms with van der Waals surface area (Å²) in [5.74, 6) is -0.251. The maximum Gasteiger partial charge on any atom is 0.277 e. The molecule has 0 fully saturated rings. The zero-order chi connectivity index (χ0) is 14.8. The van der Waals surface area contributed by atoms with E-state index in [0.29, 0.717) is 10.8 Å². The Morgan fingerprint density at radius 2 is 2.05 bits per heavy atom. The minimum Gasteiger partial charge on any atom is -0.296 e. The van der Waals surface area contributed by atoms with Gasteiger partial charge in [-0.3, -0.25) is 14.8 Å². The highest BCUT2D eigenvalue weighted by Crippen LogP contribution is 2.25. The van der Waals surface area contributed by atoms with E-state index >= 15 is 0 Å². The van der Waals surface area contributed by atoms with Gasteiger partial charge in [-0.15, -0.1) is 11.3 Å². The highest BCUT2D eigenvalue weighted by atomic mass is 127. The molecule has 0 saturated heterocycles. The molecule has 0 aliphatic heterocycles. The molecule has 0 spiro atoms. The zero-order valence-corrected chi connectivity index (χ0v) is 14.1. The van der Waals surface area contributed by atoms with Crippen LogP contribution in [0.5, 0.6) is 0 Å². The summed E-state index contributed by atoms with van der Waals surface area (Å²) in [4.78, 5) is 16.4. The van der Waals surface area contributed by atoms with E-state index < -0.39 is 0 Å². The quantitative estimate of drug-likeness (QED) is 0.674. The summed E-state index contributed by atoms with van der Waals surface area (Å²) in [7, 11) is 1.77. The first kappa shape index (κ1) is 14.2. The molecule has 0 radical (unpaired) electrons. The number of anilines is 1. The van der Waals surface area contributed by atoms with Crippen molar-refractivity contribution in [1.29, 1.82) is 0 Å². The van der Waals surface area contributed by atoms with Crippen LogP contribution in [0.3, 0.4) is 0 Å². The summed E-state index contributed by atoms with van der Waals surface area (Å²) in [5, 5.41) is 9.32. The standard InChI is InChI=1S/C14H11IN4OS/c1-19-7-6-11(18-19)13(20)17-14-16-12(8-21-14)9-2-4-10(15)5-3-9/h2-8H,1H3,(H,16,17,20). The highest BCUT2D eigenvalue weighted by molar-refractivity contribution is 14.1. The number of nitrogens with one attached hydrogen (secondary N) is 1. The van der Waals surface area contributed by atoms with Crippen LogP contribution in [-0.4, -0.2) is 20.7 Å². The first-order chi connectivity index (χ1) is 10.1. The molecule has 0 atom stereocenters. The average molecular weight is 410 g/mol. The molecule has 1 amide bonds. The number of thiazole rings is 1. The lowest BCUT2D eigenvalue weighted by atomic mass is 10.2. The van der Waals surface area contributed by atoms with Crippen LogP contribution in [0.15, 0.2) is 41.9 Å². The molecular formula is C14H11IN4OS. The molecule has 2 aromatic heterocycles. The third-order valence-corrected chi connectivity index (χ3v) is 4.29. The second-order valence-electron chi connectivity index (χ2n) is 4.37. The molecular weight excluding hydrogens is 399 g/mol. The summed E-state index contributed by atoms with van der Waals surface area (Å²) in [6.07, 6.45) is 1.73. The van der Waals surface area contributed by atoms with Crippen LogP contribution in [0.2, 0.25) is 0 Å². The van der Waals surface area contributed by atoms with E-state index in [4.69, 9.17) is 0 Å². The monoisotopic (exact) mass is 410 g/mol. The molecule has 0 aliphatic carbocycles. The molecule has 21 heavy (non-hydrogen) atoms. The molecule has 3 rings (SSSR count). The van der Waals surface area contributed by atoms with E-state index in [-0.39, 0.29) is 5.91 Å². The number of halogens is 1. The van der Waals surface area contributed by atoms with Crippen molar-refractivity contribution >= 4 is 45.0 Å². The van der Waals surface area contributed by atoms with Crippen molar-refractivity contribution < 1.29 is 4.79 Å². The molecule has 106 valence electrons. The number of aromatic nitrogens is 3. The first-order valence-corrected chi connectivity index (χ1v) is 8.10. The molecule has 7 heteroatoms. The minimum atomic E-state index is -0.251. The number of hydrogen-bond acceptors (Lipinski definition) is 4. The number of hydrogen-bond donors (Lipinski definition) is 1. The molecule has 0 saturated carbocycles. The summed E-state index contributed by atoms with van der Waals surface area (Å²) in [5.41, 5.74) is 2.27. The van der Waals surface area contributed by atoms with Crippen molar-refractivity contribution in [2.24, 2.45) is 7.05 Å². The average Bonchev–Trinajstić information content (AvgIpc) is 3.09. The Bertz CT molecular complexity index is 778. The van der Waals surface area contributed by atoms with Crippen LogP contribution >= 0.6 is 33.9 Å². The molecule has 1 N–H and O–H groups in total. The van der Waals surface area contributed by atoms with Gasteiger partial charge >= 0.3 is 0 Å². The van der Waals surface area contributed by atoms with Gasteiger partial charge in [-0.2, -0.15) is 5.10 Å². The van der Waals surface area contributed by atoms with E-state index in [0.717, 1.165) is 11.3 Å². The van der Waals surface area contributed by atoms with Crippen molar-refractivity contribution in [2.75, 3.05) is 5.32 Å². The van der Waals surface area contributed by atoms with Gasteiger partial charge in [0.25, 0.3) is 5.91 Å². The first-order valence-electron chi connectivity index (χ1n) is 6.14. The van der Waals surface area contributed by atoms with Crippen molar-refractivity contribution in [3.05, 3.63) is 51.2 Å². The maximum atomic E-state index is 12.0. The number of rotatable bonds is 3. The van der Waals surface area contributed by atoms with Gasteiger partial charge in [0.2, 0.25) is 0 Å². The Hall–Kier alpha value is -1.74. The van der Waals surface area contributed by atoms with Crippen molar-refractivity contribution in [3.8, 4) is 11.3 Å². The maximum absolute atomic E-state index is 12.0. The number of aryl methyl sites for hydroxylation is 1. The lowest BCUT2D eigenvalue weighted by molar-refractivity contribution is 0.102. The van der Waals surface area contributed by atoms with E-state index in [1.54, 1.807) is 24.0 Å². The van der Waals surface area contributed by atoms with Gasteiger partial charge in [-0.05, 0) is 40.8 Å². The normalized spacial score (nSPS) is 10.6. The predicted octanol–water partition coefficient (Wildman–Crippen LogP) is 3.40. The third kappa shape index (κ3) is 3.30. The molecule has 2 heterocycles. The van der Waals surface area contributed by atoms with Gasteiger partial charge in [0.15, 0.2) is 10.8 Å². The van der Waals surface area contributed by atoms with Crippen LogP contribution in [0, 0.1) is 3.57 Å². The van der Waals surface area contributed by atoms with E-state index in [1.807, 2.05) is 29.6 Å². The van der Waals surface area contributed by atoms with Gasteiger partial charge in [-0.25, -0.2) is 4.98 Å². The lowest BCUT2D eigenvalue weighted by Crippen LogP contribution is -2.12. The fourth-order valence-electron chi connectivity index (χ4n) is 1.78. The SMILES string of the molecule is Cn1ccc(C(=O)Nc2nc(-c3ccc(I)cc3)cs2)n1. The molecule has 0 aliphatic rings. The summed E-state index contributed by atoms with van der Waals surface area (Å²) in [6, 6.07) is 9.76. The number of carbonyl (C=O) groups excluding carboxylic acids is 1. The Labute approximate surface area is 139 Å². The van der Waals surface area contributed by atoms with Gasteiger partial charge in [0.05, 0.1) is 5.69 Å². The molecule has 1 aromatic carbocycles. The number of carbonyl (C=O) groups is 1.